The van der Waals surface area contributed by atoms with Crippen LogP contribution < -0.4 is 10.6 Å². The van der Waals surface area contributed by atoms with Gasteiger partial charge in [-0.25, -0.2) is 8.78 Å². The molecule has 7 heteroatoms. The van der Waals surface area contributed by atoms with E-state index >= 15 is 0 Å². The van der Waals surface area contributed by atoms with Gasteiger partial charge in [0.15, 0.2) is 0 Å². The van der Waals surface area contributed by atoms with Gasteiger partial charge in [-0.05, 0) is 81.1 Å². The normalized spacial score (nSPS) is 18.5. The summed E-state index contributed by atoms with van der Waals surface area (Å²) in [5.41, 5.74) is 8.14. The first kappa shape index (κ1) is 36.2. The molecule has 224 valence electrons. The molecule has 0 saturated heterocycles. The molecule has 0 aromatic heterocycles. The van der Waals surface area contributed by atoms with Crippen LogP contribution >= 0.6 is 12.6 Å². The van der Waals surface area contributed by atoms with Crippen molar-refractivity contribution >= 4 is 24.6 Å². The van der Waals surface area contributed by atoms with E-state index in [1.807, 2.05) is 14.0 Å². The molecule has 2 aromatic carbocycles. The molecule has 4 nitrogen and oxygen atoms in total. The predicted molar refractivity (Wildman–Crippen MR) is 181 cm³/mol. The van der Waals surface area contributed by atoms with Gasteiger partial charge in [0.05, 0.1) is 18.0 Å². The maximum atomic E-state index is 12.3. The summed E-state index contributed by atoms with van der Waals surface area (Å²) in [5, 5.41) is 6.74. The summed E-state index contributed by atoms with van der Waals surface area (Å²) in [6, 6.07) is 12.5. The van der Waals surface area contributed by atoms with Crippen molar-refractivity contribution in [2.24, 2.45) is 9.98 Å². The number of rotatable bonds is 6. The van der Waals surface area contributed by atoms with Crippen molar-refractivity contribution in [3.05, 3.63) is 143 Å². The highest BCUT2D eigenvalue weighted by Crippen LogP contribution is 2.23. The highest BCUT2D eigenvalue weighted by atomic mass is 32.1. The Kier molecular flexibility index (Phi) is 17.4. The Labute approximate surface area is 256 Å². The monoisotopic (exact) mass is 590 g/mol. The maximum Gasteiger partial charge on any atom is 0.129 e. The second kappa shape index (κ2) is 20.1. The average Bonchev–Trinajstić information content (AvgIpc) is 3.07. The predicted octanol–water partition coefficient (Wildman–Crippen LogP) is 8.61. The van der Waals surface area contributed by atoms with E-state index in [2.05, 4.69) is 104 Å². The highest BCUT2D eigenvalue weighted by molar-refractivity contribution is 7.85. The zero-order valence-corrected chi connectivity index (χ0v) is 26.2. The highest BCUT2D eigenvalue weighted by Gasteiger charge is 2.13. The number of allylic oxidation sites excluding steroid dienone is 7. The lowest BCUT2D eigenvalue weighted by Crippen LogP contribution is -2.18. The van der Waals surface area contributed by atoms with E-state index in [4.69, 9.17) is 4.99 Å². The minimum absolute atomic E-state index is 0.0810. The fourth-order valence-electron chi connectivity index (χ4n) is 3.96. The number of nitrogens with zero attached hydrogens (tertiary/aromatic N) is 2. The first-order valence-corrected chi connectivity index (χ1v) is 14.2. The Balaban J connectivity index is 0.000000569. The van der Waals surface area contributed by atoms with Crippen LogP contribution in [0.5, 0.6) is 0 Å². The molecule has 2 aliphatic rings. The molecule has 2 N–H and O–H groups in total. The zero-order chi connectivity index (χ0) is 31.5. The van der Waals surface area contributed by atoms with Crippen molar-refractivity contribution in [1.82, 2.24) is 10.6 Å². The largest absolute Gasteiger partial charge is 0.383 e. The molecule has 0 bridgehead atoms. The number of hydrogen-bond donors (Lipinski definition) is 3. The van der Waals surface area contributed by atoms with Gasteiger partial charge in [-0.2, -0.15) is 0 Å². The number of halogens is 2. The number of hydrogen-bond acceptors (Lipinski definition) is 5. The fraction of sp³-hybridized carbons (Fsp3) is 0.257. The molecule has 2 aromatic rings. The molecule has 1 aliphatic carbocycles. The van der Waals surface area contributed by atoms with E-state index in [-0.39, 0.29) is 5.56 Å². The van der Waals surface area contributed by atoms with E-state index in [0.29, 0.717) is 6.54 Å². The van der Waals surface area contributed by atoms with Crippen LogP contribution in [-0.4, -0.2) is 25.5 Å². The topological polar surface area (TPSA) is 48.8 Å². The molecular formula is C35H44F2N4S. The quantitative estimate of drug-likeness (QED) is 0.233. The lowest BCUT2D eigenvalue weighted by Gasteiger charge is -2.16. The zero-order valence-electron chi connectivity index (χ0n) is 25.3. The second-order valence-electron chi connectivity index (χ2n) is 9.26. The maximum absolute atomic E-state index is 12.3. The van der Waals surface area contributed by atoms with Gasteiger partial charge in [0.1, 0.15) is 11.6 Å². The summed E-state index contributed by atoms with van der Waals surface area (Å²) in [4.78, 5) is 10.3. The number of benzene rings is 2. The van der Waals surface area contributed by atoms with E-state index in [0.717, 1.165) is 47.9 Å². The van der Waals surface area contributed by atoms with Gasteiger partial charge in [-0.1, -0.05) is 42.5 Å². The van der Waals surface area contributed by atoms with Gasteiger partial charge in [0, 0.05) is 35.5 Å². The van der Waals surface area contributed by atoms with Gasteiger partial charge < -0.3 is 10.6 Å². The smallest absolute Gasteiger partial charge is 0.129 e. The van der Waals surface area contributed by atoms with Crippen LogP contribution in [0.4, 0.5) is 8.78 Å². The summed E-state index contributed by atoms with van der Waals surface area (Å²) < 4.78 is 24.7. The molecule has 42 heavy (non-hydrogen) atoms. The average molecular weight is 591 g/mol. The van der Waals surface area contributed by atoms with Crippen LogP contribution in [0.25, 0.3) is 0 Å². The second-order valence-corrected chi connectivity index (χ2v) is 9.74. The SMILES string of the molecule is C=C.C=C.CNCc1ccc(CN/C2=C/C(C3=C(C)C=CCC3)=N\C(C)=C(/S)C=NC2)cc1.Cc1c(F)cccc1F. The third kappa shape index (κ3) is 12.0. The van der Waals surface area contributed by atoms with Gasteiger partial charge in [-0.3, -0.25) is 9.98 Å². The summed E-state index contributed by atoms with van der Waals surface area (Å²) >= 11 is 4.56. The third-order valence-electron chi connectivity index (χ3n) is 6.28. The van der Waals surface area contributed by atoms with E-state index in [1.54, 1.807) is 6.21 Å². The van der Waals surface area contributed by atoms with Crippen LogP contribution in [0, 0.1) is 18.6 Å². The Hall–Kier alpha value is -3.81. The van der Waals surface area contributed by atoms with Crippen molar-refractivity contribution in [2.75, 3.05) is 13.6 Å². The van der Waals surface area contributed by atoms with E-state index < -0.39 is 11.6 Å². The van der Waals surface area contributed by atoms with Crippen molar-refractivity contribution in [1.29, 1.82) is 0 Å². The molecule has 4 rings (SSSR count). The van der Waals surface area contributed by atoms with Crippen LogP contribution in [0.1, 0.15) is 43.4 Å². The van der Waals surface area contributed by atoms with Crippen molar-refractivity contribution in [3.63, 3.8) is 0 Å². The van der Waals surface area contributed by atoms with Crippen LogP contribution in [0.3, 0.4) is 0 Å². The van der Waals surface area contributed by atoms with Crippen LogP contribution in [0.2, 0.25) is 0 Å². The first-order chi connectivity index (χ1) is 20.3. The minimum atomic E-state index is -0.491. The minimum Gasteiger partial charge on any atom is -0.383 e. The molecule has 0 saturated carbocycles. The summed E-state index contributed by atoms with van der Waals surface area (Å²) in [7, 11) is 1.96. The molecule has 0 spiro atoms. The Morgan fingerprint density at radius 2 is 1.50 bits per heavy atom. The Morgan fingerprint density at radius 3 is 2.05 bits per heavy atom. The molecule has 0 amide bonds. The van der Waals surface area contributed by atoms with E-state index in [1.165, 1.54) is 47.4 Å². The fourth-order valence-corrected chi connectivity index (χ4v) is 4.09. The molecular weight excluding hydrogens is 546 g/mol. The summed E-state index contributed by atoms with van der Waals surface area (Å²) in [5.74, 6) is -0.981. The van der Waals surface area contributed by atoms with Crippen molar-refractivity contribution in [3.8, 4) is 0 Å². The molecule has 0 radical (unpaired) electrons. The molecule has 0 unspecified atom stereocenters. The van der Waals surface area contributed by atoms with Gasteiger partial charge in [-0.15, -0.1) is 38.9 Å². The number of aliphatic imine (C=N–C) groups is 2. The Morgan fingerprint density at radius 1 is 0.905 bits per heavy atom. The van der Waals surface area contributed by atoms with Crippen LogP contribution in [0.15, 0.2) is 124 Å². The lowest BCUT2D eigenvalue weighted by molar-refractivity contribution is 0.568. The van der Waals surface area contributed by atoms with Gasteiger partial charge in [0.2, 0.25) is 0 Å². The van der Waals surface area contributed by atoms with E-state index in [9.17, 15) is 8.78 Å². The van der Waals surface area contributed by atoms with Crippen molar-refractivity contribution < 1.29 is 8.78 Å². The van der Waals surface area contributed by atoms with Gasteiger partial charge in [0.25, 0.3) is 0 Å². The Bertz CT molecular complexity index is 1310. The first-order valence-electron chi connectivity index (χ1n) is 13.7. The van der Waals surface area contributed by atoms with Crippen LogP contribution in [-0.2, 0) is 13.1 Å². The molecule has 1 aliphatic heterocycles. The number of thiol groups is 1. The summed E-state index contributed by atoms with van der Waals surface area (Å²) in [6.07, 6.45) is 10.4. The summed E-state index contributed by atoms with van der Waals surface area (Å²) in [6.45, 7) is 19.8. The van der Waals surface area contributed by atoms with Crippen molar-refractivity contribution in [2.45, 2.75) is 46.7 Å². The lowest BCUT2D eigenvalue weighted by atomic mass is 9.94. The molecule has 0 fully saturated rings. The standard InChI is InChI=1S/C24H30N4S.C7H6F2.2C2H4/c1-17-6-4-5-7-22(17)23-12-21(15-26-16-24(29)18(2)28-23)27-14-20-10-8-19(9-11-20)13-25-3;1-5-6(8)3-2-4-7(5)9;2*1-2/h4,6,8-12,16,25,27,29H,5,7,13-15H2,1-3H3;2-4H,1H3;2*1-2H2/b21-12+,24-18-,26-16?,28-23+;;;. The molecule has 0 atom stereocenters. The number of nitrogens with one attached hydrogen (secondary N) is 2. The molecule has 1 heterocycles. The third-order valence-corrected chi connectivity index (χ3v) is 6.72. The van der Waals surface area contributed by atoms with Gasteiger partial charge >= 0.3 is 0 Å².